The molecule has 1 heterocycles. The Labute approximate surface area is 153 Å². The van der Waals surface area contributed by atoms with Gasteiger partial charge >= 0.3 is 6.18 Å². The van der Waals surface area contributed by atoms with E-state index in [1.807, 2.05) is 12.1 Å². The molecule has 0 amide bonds. The lowest BCUT2D eigenvalue weighted by Gasteiger charge is -2.22. The molecule has 0 bridgehead atoms. The van der Waals surface area contributed by atoms with Gasteiger partial charge in [0.05, 0.1) is 6.42 Å². The Morgan fingerprint density at radius 3 is 2.31 bits per heavy atom. The summed E-state index contributed by atoms with van der Waals surface area (Å²) in [4.78, 5) is 6.49. The van der Waals surface area contributed by atoms with Gasteiger partial charge in [-0.25, -0.2) is 0 Å². The first-order valence-corrected chi connectivity index (χ1v) is 9.28. The minimum absolute atomic E-state index is 0.182. The van der Waals surface area contributed by atoms with E-state index in [0.717, 1.165) is 25.2 Å². The Balaban J connectivity index is 1.88. The fraction of sp³-hybridized carbons (Fsp3) is 0.632. The Hall–Kier alpha value is -1.76. The SMILES string of the molecule is CN=C(NCCC(F)(F)F)NCc1ccccc1CN1CCCCCC1. The Morgan fingerprint density at radius 2 is 1.69 bits per heavy atom. The molecule has 1 aliphatic rings. The summed E-state index contributed by atoms with van der Waals surface area (Å²) in [5.74, 6) is 0.388. The fourth-order valence-corrected chi connectivity index (χ4v) is 3.14. The molecule has 0 aromatic heterocycles. The summed E-state index contributed by atoms with van der Waals surface area (Å²) in [7, 11) is 1.56. The zero-order valence-electron chi connectivity index (χ0n) is 15.4. The van der Waals surface area contributed by atoms with Crippen molar-refractivity contribution in [2.24, 2.45) is 4.99 Å². The van der Waals surface area contributed by atoms with Gasteiger partial charge in [0, 0.05) is 26.7 Å². The van der Waals surface area contributed by atoms with Crippen molar-refractivity contribution in [2.45, 2.75) is 51.4 Å². The minimum Gasteiger partial charge on any atom is -0.356 e. The summed E-state index contributed by atoms with van der Waals surface area (Å²) in [6, 6.07) is 8.21. The van der Waals surface area contributed by atoms with E-state index in [1.54, 1.807) is 7.05 Å². The number of aliphatic imine (C=N–C) groups is 1. The second kappa shape index (κ2) is 10.4. The van der Waals surface area contributed by atoms with E-state index in [2.05, 4.69) is 32.7 Å². The van der Waals surface area contributed by atoms with Crippen molar-refractivity contribution in [2.75, 3.05) is 26.7 Å². The number of hydrogen-bond donors (Lipinski definition) is 2. The summed E-state index contributed by atoms with van der Waals surface area (Å²) in [6.45, 7) is 3.52. The highest BCUT2D eigenvalue weighted by molar-refractivity contribution is 5.79. The second-order valence-corrected chi connectivity index (χ2v) is 6.68. The monoisotopic (exact) mass is 370 g/mol. The van der Waals surface area contributed by atoms with E-state index < -0.39 is 12.6 Å². The summed E-state index contributed by atoms with van der Waals surface area (Å²) < 4.78 is 36.8. The second-order valence-electron chi connectivity index (χ2n) is 6.68. The molecular formula is C19H29F3N4. The van der Waals surface area contributed by atoms with E-state index in [1.165, 1.54) is 31.2 Å². The standard InChI is InChI=1S/C19H29F3N4/c1-23-18(24-11-10-19(20,21)22)25-14-16-8-4-5-9-17(16)15-26-12-6-2-3-7-13-26/h4-5,8-9H,2-3,6-7,10-15H2,1H3,(H2,23,24,25). The van der Waals surface area contributed by atoms with E-state index in [4.69, 9.17) is 0 Å². The van der Waals surface area contributed by atoms with Gasteiger partial charge in [-0.1, -0.05) is 37.1 Å². The molecule has 1 saturated heterocycles. The van der Waals surface area contributed by atoms with Crippen molar-refractivity contribution in [3.63, 3.8) is 0 Å². The molecule has 146 valence electrons. The first-order chi connectivity index (χ1) is 12.5. The Bertz CT molecular complexity index is 564. The maximum Gasteiger partial charge on any atom is 0.390 e. The lowest BCUT2D eigenvalue weighted by Crippen LogP contribution is -2.38. The molecule has 0 radical (unpaired) electrons. The summed E-state index contributed by atoms with van der Waals surface area (Å²) in [6.07, 6.45) is 0.0659. The molecule has 2 rings (SSSR count). The molecule has 1 aromatic carbocycles. The topological polar surface area (TPSA) is 39.7 Å². The first kappa shape index (κ1) is 20.6. The number of likely N-dealkylation sites (tertiary alicyclic amines) is 1. The van der Waals surface area contributed by atoms with Crippen LogP contribution in [-0.4, -0.2) is 43.7 Å². The lowest BCUT2D eigenvalue weighted by molar-refractivity contribution is -0.132. The largest absolute Gasteiger partial charge is 0.390 e. The van der Waals surface area contributed by atoms with Crippen LogP contribution in [0.2, 0.25) is 0 Å². The zero-order valence-corrected chi connectivity index (χ0v) is 15.4. The van der Waals surface area contributed by atoms with Gasteiger partial charge < -0.3 is 10.6 Å². The molecule has 0 saturated carbocycles. The van der Waals surface area contributed by atoms with Gasteiger partial charge in [0.1, 0.15) is 0 Å². The van der Waals surface area contributed by atoms with Crippen LogP contribution in [0.4, 0.5) is 13.2 Å². The van der Waals surface area contributed by atoms with Crippen molar-refractivity contribution in [1.29, 1.82) is 0 Å². The quantitative estimate of drug-likeness (QED) is 0.593. The van der Waals surface area contributed by atoms with Crippen LogP contribution in [-0.2, 0) is 13.1 Å². The molecule has 0 spiro atoms. The summed E-state index contributed by atoms with van der Waals surface area (Å²) in [5.41, 5.74) is 2.41. The van der Waals surface area contributed by atoms with Crippen LogP contribution in [0.3, 0.4) is 0 Å². The highest BCUT2D eigenvalue weighted by Gasteiger charge is 2.26. The smallest absolute Gasteiger partial charge is 0.356 e. The van der Waals surface area contributed by atoms with Crippen LogP contribution in [0, 0.1) is 0 Å². The number of rotatable bonds is 6. The normalized spacial score (nSPS) is 17.0. The third-order valence-corrected chi connectivity index (χ3v) is 4.58. The van der Waals surface area contributed by atoms with Gasteiger partial charge in [0.2, 0.25) is 0 Å². The van der Waals surface area contributed by atoms with E-state index in [-0.39, 0.29) is 6.54 Å². The van der Waals surface area contributed by atoms with Gasteiger partial charge in [0.25, 0.3) is 0 Å². The zero-order chi connectivity index (χ0) is 18.8. The average Bonchev–Trinajstić information content (AvgIpc) is 2.87. The molecule has 4 nitrogen and oxygen atoms in total. The van der Waals surface area contributed by atoms with Crippen LogP contribution in [0.25, 0.3) is 0 Å². The maximum atomic E-state index is 12.3. The predicted octanol–water partition coefficient (Wildman–Crippen LogP) is 3.68. The molecule has 1 aliphatic heterocycles. The number of halogens is 3. The van der Waals surface area contributed by atoms with Crippen molar-refractivity contribution in [3.8, 4) is 0 Å². The van der Waals surface area contributed by atoms with Crippen LogP contribution < -0.4 is 10.6 Å². The minimum atomic E-state index is -4.16. The van der Waals surface area contributed by atoms with E-state index >= 15 is 0 Å². The predicted molar refractivity (Wildman–Crippen MR) is 99.1 cm³/mol. The van der Waals surface area contributed by atoms with Gasteiger partial charge in [-0.2, -0.15) is 13.2 Å². The summed E-state index contributed by atoms with van der Waals surface area (Å²) >= 11 is 0. The molecule has 2 N–H and O–H groups in total. The van der Waals surface area contributed by atoms with Crippen LogP contribution >= 0.6 is 0 Å². The van der Waals surface area contributed by atoms with Gasteiger partial charge in [-0.15, -0.1) is 0 Å². The maximum absolute atomic E-state index is 12.3. The Morgan fingerprint density at radius 1 is 1.04 bits per heavy atom. The van der Waals surface area contributed by atoms with Gasteiger partial charge in [0.15, 0.2) is 5.96 Å². The highest BCUT2D eigenvalue weighted by atomic mass is 19.4. The molecule has 0 aliphatic carbocycles. The number of hydrogen-bond acceptors (Lipinski definition) is 2. The van der Waals surface area contributed by atoms with Gasteiger partial charge in [-0.05, 0) is 37.1 Å². The number of nitrogens with one attached hydrogen (secondary N) is 2. The molecule has 0 atom stereocenters. The molecule has 26 heavy (non-hydrogen) atoms. The molecular weight excluding hydrogens is 341 g/mol. The Kier molecular flexibility index (Phi) is 8.22. The van der Waals surface area contributed by atoms with Gasteiger partial charge in [-0.3, -0.25) is 9.89 Å². The first-order valence-electron chi connectivity index (χ1n) is 9.28. The number of benzene rings is 1. The van der Waals surface area contributed by atoms with Crippen molar-refractivity contribution in [1.82, 2.24) is 15.5 Å². The van der Waals surface area contributed by atoms with Crippen molar-refractivity contribution in [3.05, 3.63) is 35.4 Å². The van der Waals surface area contributed by atoms with E-state index in [9.17, 15) is 13.2 Å². The van der Waals surface area contributed by atoms with Crippen LogP contribution in [0.15, 0.2) is 29.3 Å². The van der Waals surface area contributed by atoms with Crippen molar-refractivity contribution >= 4 is 5.96 Å². The molecule has 7 heteroatoms. The molecule has 1 aromatic rings. The molecule has 1 fully saturated rings. The number of nitrogens with zero attached hydrogens (tertiary/aromatic N) is 2. The van der Waals surface area contributed by atoms with Crippen LogP contribution in [0.1, 0.15) is 43.2 Å². The third-order valence-electron chi connectivity index (χ3n) is 4.58. The number of alkyl halides is 3. The third kappa shape index (κ3) is 7.64. The fourth-order valence-electron chi connectivity index (χ4n) is 3.14. The highest BCUT2D eigenvalue weighted by Crippen LogP contribution is 2.18. The number of guanidine groups is 1. The van der Waals surface area contributed by atoms with Crippen LogP contribution in [0.5, 0.6) is 0 Å². The summed E-state index contributed by atoms with van der Waals surface area (Å²) in [5, 5.41) is 5.83. The lowest BCUT2D eigenvalue weighted by atomic mass is 10.1. The van der Waals surface area contributed by atoms with Crippen molar-refractivity contribution < 1.29 is 13.2 Å². The van der Waals surface area contributed by atoms with E-state index in [0.29, 0.717) is 12.5 Å². The average molecular weight is 370 g/mol. The molecule has 0 unspecified atom stereocenters.